The van der Waals surface area contributed by atoms with Crippen LogP contribution in [0, 0.1) is 0 Å². The van der Waals surface area contributed by atoms with Crippen LogP contribution >= 0.6 is 0 Å². The zero-order chi connectivity index (χ0) is 20.3. The Kier molecular flexibility index (Phi) is 5.89. The summed E-state index contributed by atoms with van der Waals surface area (Å²) in [5, 5.41) is 9.43. The highest BCUT2D eigenvalue weighted by atomic mass is 16.5. The number of rotatable bonds is 7. The first-order valence-corrected chi connectivity index (χ1v) is 8.83. The number of aliphatic carboxylic acids is 1. The van der Waals surface area contributed by atoms with Crippen LogP contribution in [0.25, 0.3) is 0 Å². The molecule has 2 aromatic rings. The maximum Gasteiger partial charge on any atom is 0.305 e. The number of carboxylic acid groups (broad SMARTS) is 1. The fraction of sp³-hybridized carbons (Fsp3) is 0.400. The molecule has 1 aliphatic rings. The Labute approximate surface area is 162 Å². The molecule has 0 saturated carbocycles. The third-order valence-corrected chi connectivity index (χ3v) is 4.79. The summed E-state index contributed by atoms with van der Waals surface area (Å²) in [4.78, 5) is 26.1. The SMILES string of the molecule is COCc1ccc(C(=O)N2CCc3cc(OC)c(OC)cc3[C@@H]2CC(=O)O)o1. The second-order valence-corrected chi connectivity index (χ2v) is 6.47. The fourth-order valence-electron chi connectivity index (χ4n) is 3.51. The molecule has 0 spiro atoms. The second kappa shape index (κ2) is 8.35. The third kappa shape index (κ3) is 3.82. The van der Waals surface area contributed by atoms with Gasteiger partial charge in [-0.15, -0.1) is 0 Å². The summed E-state index contributed by atoms with van der Waals surface area (Å²) < 4.78 is 21.3. The molecule has 0 fully saturated rings. The lowest BCUT2D eigenvalue weighted by molar-refractivity contribution is -0.138. The number of furan rings is 1. The van der Waals surface area contributed by atoms with Crippen molar-refractivity contribution >= 4 is 11.9 Å². The van der Waals surface area contributed by atoms with E-state index in [-0.39, 0.29) is 24.7 Å². The molecule has 0 unspecified atom stereocenters. The average molecular weight is 389 g/mol. The van der Waals surface area contributed by atoms with Gasteiger partial charge in [0.15, 0.2) is 17.3 Å². The van der Waals surface area contributed by atoms with E-state index in [2.05, 4.69) is 0 Å². The van der Waals surface area contributed by atoms with Crippen molar-refractivity contribution in [1.29, 1.82) is 0 Å². The number of hydrogen-bond acceptors (Lipinski definition) is 6. The lowest BCUT2D eigenvalue weighted by atomic mass is 9.89. The van der Waals surface area contributed by atoms with E-state index in [0.717, 1.165) is 11.1 Å². The Morgan fingerprint density at radius 2 is 1.89 bits per heavy atom. The number of carbonyl (C=O) groups is 2. The number of fused-ring (bicyclic) bond motifs is 1. The third-order valence-electron chi connectivity index (χ3n) is 4.79. The van der Waals surface area contributed by atoms with Gasteiger partial charge in [-0.05, 0) is 41.8 Å². The lowest BCUT2D eigenvalue weighted by Crippen LogP contribution is -2.41. The molecule has 1 aromatic heterocycles. The van der Waals surface area contributed by atoms with E-state index in [9.17, 15) is 14.7 Å². The van der Waals surface area contributed by atoms with Crippen molar-refractivity contribution in [3.8, 4) is 11.5 Å². The molecular weight excluding hydrogens is 366 g/mol. The van der Waals surface area contributed by atoms with Gasteiger partial charge < -0.3 is 28.6 Å². The van der Waals surface area contributed by atoms with Crippen LogP contribution in [0.15, 0.2) is 28.7 Å². The molecule has 1 aromatic carbocycles. The number of hydrogen-bond donors (Lipinski definition) is 1. The Morgan fingerprint density at radius 3 is 2.54 bits per heavy atom. The van der Waals surface area contributed by atoms with Gasteiger partial charge in [0.05, 0.1) is 26.7 Å². The van der Waals surface area contributed by atoms with Crippen molar-refractivity contribution in [3.63, 3.8) is 0 Å². The van der Waals surface area contributed by atoms with E-state index in [4.69, 9.17) is 18.6 Å². The minimum atomic E-state index is -0.995. The number of ether oxygens (including phenoxy) is 3. The molecule has 0 aliphatic carbocycles. The normalized spacial score (nSPS) is 15.8. The Morgan fingerprint density at radius 1 is 1.18 bits per heavy atom. The number of nitrogens with zero attached hydrogens (tertiary/aromatic N) is 1. The van der Waals surface area contributed by atoms with Gasteiger partial charge in [-0.2, -0.15) is 0 Å². The molecule has 3 rings (SSSR count). The summed E-state index contributed by atoms with van der Waals surface area (Å²) in [7, 11) is 4.60. The van der Waals surface area contributed by atoms with Gasteiger partial charge in [-0.25, -0.2) is 0 Å². The van der Waals surface area contributed by atoms with Crippen molar-refractivity contribution in [3.05, 3.63) is 46.9 Å². The zero-order valence-corrected chi connectivity index (χ0v) is 16.1. The van der Waals surface area contributed by atoms with Crippen LogP contribution in [0.2, 0.25) is 0 Å². The van der Waals surface area contributed by atoms with Crippen molar-refractivity contribution in [1.82, 2.24) is 4.90 Å². The summed E-state index contributed by atoms with van der Waals surface area (Å²) in [5.74, 6) is 0.409. The summed E-state index contributed by atoms with van der Waals surface area (Å²) in [5.41, 5.74) is 1.68. The smallest absolute Gasteiger partial charge is 0.305 e. The standard InChI is InChI=1S/C20H23NO7/c1-25-11-13-4-5-16(28-13)20(24)21-7-6-12-8-17(26-2)18(27-3)9-14(12)15(21)10-19(22)23/h4-5,8-9,15H,6-7,10-11H2,1-3H3,(H,22,23)/t15-/m0/s1. The van der Waals surface area contributed by atoms with E-state index >= 15 is 0 Å². The summed E-state index contributed by atoms with van der Waals surface area (Å²) in [6, 6.07) is 6.21. The largest absolute Gasteiger partial charge is 0.493 e. The van der Waals surface area contributed by atoms with Crippen molar-refractivity contribution in [2.75, 3.05) is 27.9 Å². The van der Waals surface area contributed by atoms with Gasteiger partial charge in [0.25, 0.3) is 5.91 Å². The van der Waals surface area contributed by atoms with Crippen LogP contribution in [0.4, 0.5) is 0 Å². The first kappa shape index (κ1) is 19.8. The predicted octanol–water partition coefficient (Wildman–Crippen LogP) is 2.66. The maximum atomic E-state index is 13.0. The highest BCUT2D eigenvalue weighted by Gasteiger charge is 2.35. The quantitative estimate of drug-likeness (QED) is 0.777. The van der Waals surface area contributed by atoms with Gasteiger partial charge in [-0.3, -0.25) is 9.59 Å². The van der Waals surface area contributed by atoms with Crippen molar-refractivity contribution < 1.29 is 33.3 Å². The highest BCUT2D eigenvalue weighted by molar-refractivity contribution is 5.92. The van der Waals surface area contributed by atoms with Gasteiger partial charge in [0.2, 0.25) is 0 Å². The topological polar surface area (TPSA) is 98.4 Å². The molecule has 1 N–H and O–H groups in total. The summed E-state index contributed by atoms with van der Waals surface area (Å²) in [6.07, 6.45) is 0.350. The zero-order valence-electron chi connectivity index (χ0n) is 16.1. The van der Waals surface area contributed by atoms with E-state index in [1.54, 1.807) is 25.3 Å². The van der Waals surface area contributed by atoms with E-state index in [1.165, 1.54) is 19.1 Å². The molecule has 0 radical (unpaired) electrons. The highest BCUT2D eigenvalue weighted by Crippen LogP contribution is 2.40. The van der Waals surface area contributed by atoms with E-state index in [0.29, 0.717) is 30.2 Å². The molecular formula is C20H23NO7. The van der Waals surface area contributed by atoms with Crippen LogP contribution < -0.4 is 9.47 Å². The first-order chi connectivity index (χ1) is 13.5. The van der Waals surface area contributed by atoms with Crippen LogP contribution in [-0.2, 0) is 22.6 Å². The lowest BCUT2D eigenvalue weighted by Gasteiger charge is -2.36. The number of benzene rings is 1. The number of methoxy groups -OCH3 is 3. The van der Waals surface area contributed by atoms with Crippen LogP contribution in [0.3, 0.4) is 0 Å². The molecule has 2 heterocycles. The van der Waals surface area contributed by atoms with Gasteiger partial charge >= 0.3 is 5.97 Å². The van der Waals surface area contributed by atoms with Crippen LogP contribution in [-0.4, -0.2) is 49.8 Å². The average Bonchev–Trinajstić information content (AvgIpc) is 3.15. The van der Waals surface area contributed by atoms with Gasteiger partial charge in [0.1, 0.15) is 12.4 Å². The Bertz CT molecular complexity index is 873. The van der Waals surface area contributed by atoms with Crippen molar-refractivity contribution in [2.45, 2.75) is 25.5 Å². The van der Waals surface area contributed by atoms with E-state index < -0.39 is 12.0 Å². The minimum absolute atomic E-state index is 0.159. The molecule has 1 amide bonds. The minimum Gasteiger partial charge on any atom is -0.493 e. The molecule has 1 atom stereocenters. The molecule has 150 valence electrons. The van der Waals surface area contributed by atoms with Gasteiger partial charge in [-0.1, -0.05) is 0 Å². The summed E-state index contributed by atoms with van der Waals surface area (Å²) in [6.45, 7) is 0.630. The van der Waals surface area contributed by atoms with Crippen molar-refractivity contribution in [2.24, 2.45) is 0 Å². The van der Waals surface area contributed by atoms with Gasteiger partial charge in [0, 0.05) is 13.7 Å². The molecule has 0 bridgehead atoms. The number of carbonyl (C=O) groups excluding carboxylic acids is 1. The molecule has 0 saturated heterocycles. The van der Waals surface area contributed by atoms with Crippen LogP contribution in [0.1, 0.15) is 39.9 Å². The molecule has 1 aliphatic heterocycles. The Hall–Kier alpha value is -3.00. The second-order valence-electron chi connectivity index (χ2n) is 6.47. The maximum absolute atomic E-state index is 13.0. The monoisotopic (exact) mass is 389 g/mol. The number of amides is 1. The molecule has 28 heavy (non-hydrogen) atoms. The van der Waals surface area contributed by atoms with E-state index in [1.807, 2.05) is 6.07 Å². The molecule has 8 heteroatoms. The number of carboxylic acids is 1. The Balaban J connectivity index is 1.98. The first-order valence-electron chi connectivity index (χ1n) is 8.83. The molecule has 8 nitrogen and oxygen atoms in total. The fourth-order valence-corrected chi connectivity index (χ4v) is 3.51. The van der Waals surface area contributed by atoms with Crippen LogP contribution in [0.5, 0.6) is 11.5 Å². The predicted molar refractivity (Wildman–Crippen MR) is 98.7 cm³/mol. The summed E-state index contributed by atoms with van der Waals surface area (Å²) >= 11 is 0.